The molecule has 1 amide bonds. The first-order valence-electron chi connectivity index (χ1n) is 7.19. The van der Waals surface area contributed by atoms with Crippen molar-refractivity contribution in [1.29, 1.82) is 0 Å². The van der Waals surface area contributed by atoms with Crippen molar-refractivity contribution >= 4 is 39.1 Å². The van der Waals surface area contributed by atoms with Gasteiger partial charge in [0.2, 0.25) is 5.91 Å². The molecule has 1 heterocycles. The zero-order valence-corrected chi connectivity index (χ0v) is 13.6. The number of thiazole rings is 1. The van der Waals surface area contributed by atoms with Gasteiger partial charge in [0.15, 0.2) is 0 Å². The van der Waals surface area contributed by atoms with Crippen LogP contribution < -0.4 is 10.4 Å². The van der Waals surface area contributed by atoms with Crippen molar-refractivity contribution in [2.75, 3.05) is 5.32 Å². The van der Waals surface area contributed by atoms with E-state index in [9.17, 15) is 14.7 Å². The number of hydrogen-bond acceptors (Lipinski definition) is 5. The summed E-state index contributed by atoms with van der Waals surface area (Å²) in [5, 5.41) is 13.8. The van der Waals surface area contributed by atoms with Crippen molar-refractivity contribution < 1.29 is 14.7 Å². The second-order valence-corrected chi connectivity index (χ2v) is 6.24. The number of hydrogen-bond donors (Lipinski definition) is 1. The third-order valence-corrected chi connectivity index (χ3v) is 4.40. The third-order valence-electron chi connectivity index (χ3n) is 3.31. The summed E-state index contributed by atoms with van der Waals surface area (Å²) in [7, 11) is 0. The molecule has 5 nitrogen and oxygen atoms in total. The molecule has 0 radical (unpaired) electrons. The number of rotatable bonds is 4. The van der Waals surface area contributed by atoms with Gasteiger partial charge in [-0.15, -0.1) is 11.3 Å². The molecule has 0 saturated heterocycles. The van der Waals surface area contributed by atoms with Gasteiger partial charge >= 0.3 is 0 Å². The molecule has 24 heavy (non-hydrogen) atoms. The van der Waals surface area contributed by atoms with E-state index in [-0.39, 0.29) is 0 Å². The fourth-order valence-corrected chi connectivity index (χ4v) is 3.14. The van der Waals surface area contributed by atoms with Crippen molar-refractivity contribution in [1.82, 2.24) is 4.98 Å². The number of fused-ring (bicyclic) bond motifs is 1. The van der Waals surface area contributed by atoms with Crippen LogP contribution in [0.2, 0.25) is 0 Å². The van der Waals surface area contributed by atoms with Crippen LogP contribution in [0.5, 0.6) is 0 Å². The van der Waals surface area contributed by atoms with E-state index in [1.165, 1.54) is 5.56 Å². The number of carbonyl (C=O) groups is 2. The van der Waals surface area contributed by atoms with Crippen molar-refractivity contribution in [2.45, 2.75) is 6.92 Å². The van der Waals surface area contributed by atoms with E-state index in [1.807, 2.05) is 25.1 Å². The van der Waals surface area contributed by atoms with Crippen LogP contribution in [0.1, 0.15) is 5.56 Å². The Bertz CT molecular complexity index is 943. The summed E-state index contributed by atoms with van der Waals surface area (Å²) in [5.74, 6) is -1.94. The molecule has 0 bridgehead atoms. The van der Waals surface area contributed by atoms with Crippen LogP contribution in [0, 0.1) is 6.92 Å². The van der Waals surface area contributed by atoms with Gasteiger partial charge in [-0.1, -0.05) is 6.07 Å². The van der Waals surface area contributed by atoms with Gasteiger partial charge in [-0.3, -0.25) is 4.79 Å². The van der Waals surface area contributed by atoms with Gasteiger partial charge in [0.1, 0.15) is 5.01 Å². The summed E-state index contributed by atoms with van der Waals surface area (Å²) in [6.07, 6.45) is 1.60. The summed E-state index contributed by atoms with van der Waals surface area (Å²) in [6, 6.07) is 13.4. The van der Waals surface area contributed by atoms with Crippen molar-refractivity contribution in [3.8, 4) is 10.6 Å². The highest BCUT2D eigenvalue weighted by Gasteiger charge is 2.07. The molecule has 0 aliphatic rings. The Kier molecular flexibility index (Phi) is 4.39. The van der Waals surface area contributed by atoms with Crippen LogP contribution in [0.25, 0.3) is 20.8 Å². The Morgan fingerprint density at radius 1 is 1.12 bits per heavy atom. The maximum absolute atomic E-state index is 11.5. The predicted octanol–water partition coefficient (Wildman–Crippen LogP) is 2.52. The molecule has 0 atom stereocenters. The van der Waals surface area contributed by atoms with Gasteiger partial charge in [0, 0.05) is 17.3 Å². The molecule has 2 aromatic carbocycles. The highest BCUT2D eigenvalue weighted by molar-refractivity contribution is 7.21. The van der Waals surface area contributed by atoms with Crippen LogP contribution in [-0.2, 0) is 9.59 Å². The lowest BCUT2D eigenvalue weighted by atomic mass is 10.2. The van der Waals surface area contributed by atoms with E-state index in [1.54, 1.807) is 23.5 Å². The number of carbonyl (C=O) groups excluding carboxylic acids is 2. The molecule has 0 aliphatic heterocycles. The lowest BCUT2D eigenvalue weighted by Gasteiger charge is -2.03. The molecule has 0 unspecified atom stereocenters. The van der Waals surface area contributed by atoms with E-state index in [4.69, 9.17) is 0 Å². The number of aliphatic carboxylic acids is 1. The lowest BCUT2D eigenvalue weighted by molar-refractivity contribution is -0.297. The summed E-state index contributed by atoms with van der Waals surface area (Å²) in [5.41, 5.74) is 3.67. The van der Waals surface area contributed by atoms with Crippen LogP contribution in [-0.4, -0.2) is 16.9 Å². The third kappa shape index (κ3) is 3.67. The van der Waals surface area contributed by atoms with Gasteiger partial charge in [-0.2, -0.15) is 0 Å². The number of benzene rings is 2. The van der Waals surface area contributed by atoms with E-state index >= 15 is 0 Å². The summed E-state index contributed by atoms with van der Waals surface area (Å²) < 4.78 is 1.13. The molecule has 1 aromatic heterocycles. The largest absolute Gasteiger partial charge is 0.545 e. The molecule has 0 saturated carbocycles. The molecule has 3 rings (SSSR count). The number of amides is 1. The zero-order chi connectivity index (χ0) is 17.1. The Balaban J connectivity index is 1.78. The maximum Gasteiger partial charge on any atom is 0.248 e. The lowest BCUT2D eigenvalue weighted by Crippen LogP contribution is -2.20. The Hall–Kier alpha value is -2.99. The van der Waals surface area contributed by atoms with Gasteiger partial charge in [-0.05, 0) is 55.0 Å². The SMILES string of the molecule is Cc1ccc2sc(-c3ccc(NC(=O)/C=C\C(=O)[O-])cc3)nc2c1. The first-order valence-corrected chi connectivity index (χ1v) is 8.00. The Morgan fingerprint density at radius 2 is 1.88 bits per heavy atom. The fourth-order valence-electron chi connectivity index (χ4n) is 2.18. The molecule has 0 fully saturated rings. The quantitative estimate of drug-likeness (QED) is 0.742. The minimum absolute atomic E-state index is 0.526. The second-order valence-electron chi connectivity index (χ2n) is 5.21. The fraction of sp³-hybridized carbons (Fsp3) is 0.0556. The number of nitrogens with one attached hydrogen (secondary N) is 1. The van der Waals surface area contributed by atoms with Gasteiger partial charge in [0.25, 0.3) is 0 Å². The minimum Gasteiger partial charge on any atom is -0.545 e. The maximum atomic E-state index is 11.5. The van der Waals surface area contributed by atoms with Crippen molar-refractivity contribution in [3.63, 3.8) is 0 Å². The molecule has 3 aromatic rings. The average molecular weight is 337 g/mol. The number of carboxylic acids is 1. The normalized spacial score (nSPS) is 11.0. The smallest absolute Gasteiger partial charge is 0.248 e. The van der Waals surface area contributed by atoms with Crippen LogP contribution >= 0.6 is 11.3 Å². The van der Waals surface area contributed by atoms with E-state index < -0.39 is 11.9 Å². The number of nitrogens with zero attached hydrogens (tertiary/aromatic N) is 1. The van der Waals surface area contributed by atoms with E-state index in [2.05, 4.69) is 22.4 Å². The van der Waals surface area contributed by atoms with Gasteiger partial charge in [-0.25, -0.2) is 4.98 Å². The van der Waals surface area contributed by atoms with Gasteiger partial charge in [0.05, 0.1) is 16.2 Å². The monoisotopic (exact) mass is 337 g/mol. The summed E-state index contributed by atoms with van der Waals surface area (Å²) >= 11 is 1.61. The van der Waals surface area contributed by atoms with Crippen LogP contribution in [0.15, 0.2) is 54.6 Å². The highest BCUT2D eigenvalue weighted by atomic mass is 32.1. The van der Waals surface area contributed by atoms with E-state index in [0.29, 0.717) is 11.8 Å². The molecule has 6 heteroatoms. The van der Waals surface area contributed by atoms with Gasteiger partial charge < -0.3 is 15.2 Å². The Morgan fingerprint density at radius 3 is 2.58 bits per heavy atom. The second kappa shape index (κ2) is 6.64. The Labute approximate surface area is 142 Å². The molecule has 0 spiro atoms. The average Bonchev–Trinajstić information content (AvgIpc) is 2.96. The summed E-state index contributed by atoms with van der Waals surface area (Å²) in [4.78, 5) is 26.4. The minimum atomic E-state index is -1.41. The standard InChI is InChI=1S/C18H14N2O3S/c1-11-2-7-15-14(10-11)20-18(24-15)12-3-5-13(6-4-12)19-16(21)8-9-17(22)23/h2-10H,1H3,(H,19,21)(H,22,23)/p-1/b9-8-. The molecule has 0 aliphatic carbocycles. The topological polar surface area (TPSA) is 82.1 Å². The van der Waals surface area contributed by atoms with Crippen LogP contribution in [0.3, 0.4) is 0 Å². The van der Waals surface area contributed by atoms with Crippen LogP contribution in [0.4, 0.5) is 5.69 Å². The first kappa shape index (κ1) is 15.9. The zero-order valence-electron chi connectivity index (χ0n) is 12.8. The number of aromatic nitrogens is 1. The molecular formula is C18H13N2O3S-. The predicted molar refractivity (Wildman–Crippen MR) is 92.6 cm³/mol. The molecular weight excluding hydrogens is 324 g/mol. The summed E-state index contributed by atoms with van der Waals surface area (Å²) in [6.45, 7) is 2.03. The number of anilines is 1. The highest BCUT2D eigenvalue weighted by Crippen LogP contribution is 2.31. The van der Waals surface area contributed by atoms with E-state index in [0.717, 1.165) is 26.9 Å². The first-order chi connectivity index (χ1) is 11.5. The molecule has 120 valence electrons. The number of carboxylic acid groups (broad SMARTS) is 1. The van der Waals surface area contributed by atoms with Crippen molar-refractivity contribution in [2.24, 2.45) is 0 Å². The number of aryl methyl sites for hydroxylation is 1. The van der Waals surface area contributed by atoms with Crippen molar-refractivity contribution in [3.05, 3.63) is 60.2 Å². The molecule has 1 N–H and O–H groups in total.